The lowest BCUT2D eigenvalue weighted by molar-refractivity contribution is -0.393. The van der Waals surface area contributed by atoms with Gasteiger partial charge in [-0.2, -0.15) is 0 Å². The predicted octanol–water partition coefficient (Wildman–Crippen LogP) is 2.59. The van der Waals surface area contributed by atoms with Crippen LogP contribution < -0.4 is 5.32 Å². The van der Waals surface area contributed by atoms with Crippen molar-refractivity contribution in [1.82, 2.24) is 4.57 Å². The van der Waals surface area contributed by atoms with Gasteiger partial charge in [0.2, 0.25) is 5.88 Å². The molecule has 2 heterocycles. The zero-order valence-electron chi connectivity index (χ0n) is 16.6. The molecular weight excluding hydrogens is 462 g/mol. The first-order chi connectivity index (χ1) is 15.9. The number of aromatic hydroxyl groups is 1. The number of aliphatic imine (C=N–C) groups is 1. The molecule has 2 aromatic carbocycles. The van der Waals surface area contributed by atoms with Crippen LogP contribution in [0.25, 0.3) is 10.9 Å². The molecule has 172 valence electrons. The van der Waals surface area contributed by atoms with Crippen LogP contribution in [0.15, 0.2) is 29.3 Å². The molecule has 0 saturated heterocycles. The normalized spacial score (nSPS) is 13.7. The summed E-state index contributed by atoms with van der Waals surface area (Å²) in [7, 11) is 1.21. The van der Waals surface area contributed by atoms with Gasteiger partial charge in [-0.05, 0) is 0 Å². The lowest BCUT2D eigenvalue weighted by Gasteiger charge is -2.01. The first-order valence-electron chi connectivity index (χ1n) is 8.93. The number of amides is 1. The topological polar surface area (TPSA) is 239 Å². The number of nitrogens with one attached hydrogen (secondary N) is 1. The van der Waals surface area contributed by atoms with E-state index >= 15 is 0 Å². The average molecular weight is 471 g/mol. The Balaban J connectivity index is 2.07. The minimum atomic E-state index is -1.02. The molecule has 3 aromatic rings. The second kappa shape index (κ2) is 7.29. The van der Waals surface area contributed by atoms with Crippen molar-refractivity contribution in [2.24, 2.45) is 12.0 Å². The highest BCUT2D eigenvalue weighted by atomic mass is 16.6. The fourth-order valence-electron chi connectivity index (χ4n) is 3.57. The van der Waals surface area contributed by atoms with E-state index in [2.05, 4.69) is 10.3 Å². The first kappa shape index (κ1) is 21.7. The Morgan fingerprint density at radius 1 is 0.882 bits per heavy atom. The first-order valence-corrected chi connectivity index (χ1v) is 8.93. The molecule has 17 heteroatoms. The zero-order chi connectivity index (χ0) is 25.1. The summed E-state index contributed by atoms with van der Waals surface area (Å²) in [6.07, 6.45) is 0. The number of hydrogen-bond donors (Lipinski definition) is 2. The number of aromatic nitrogens is 1. The predicted molar refractivity (Wildman–Crippen MR) is 112 cm³/mol. The summed E-state index contributed by atoms with van der Waals surface area (Å²) in [5.74, 6) is -1.73. The van der Waals surface area contributed by atoms with Gasteiger partial charge in [0.1, 0.15) is 22.6 Å². The van der Waals surface area contributed by atoms with Crippen molar-refractivity contribution in [3.63, 3.8) is 0 Å². The summed E-state index contributed by atoms with van der Waals surface area (Å²) in [5, 5.41) is 57.8. The molecule has 0 bridgehead atoms. The highest BCUT2D eigenvalue weighted by Crippen LogP contribution is 2.45. The van der Waals surface area contributed by atoms with Crippen LogP contribution in [0.5, 0.6) is 5.88 Å². The summed E-state index contributed by atoms with van der Waals surface area (Å²) in [4.78, 5) is 58.2. The molecule has 4 rings (SSSR count). The third-order valence-corrected chi connectivity index (χ3v) is 5.04. The number of carbonyl (C=O) groups is 1. The van der Waals surface area contributed by atoms with Gasteiger partial charge in [0.15, 0.2) is 0 Å². The Labute approximate surface area is 185 Å². The monoisotopic (exact) mass is 471 g/mol. The molecule has 0 fully saturated rings. The summed E-state index contributed by atoms with van der Waals surface area (Å²) in [6, 6.07) is 3.07. The van der Waals surface area contributed by atoms with E-state index in [0.29, 0.717) is 12.1 Å². The number of benzene rings is 2. The van der Waals surface area contributed by atoms with Crippen molar-refractivity contribution in [2.75, 3.05) is 5.32 Å². The number of non-ortho nitro benzene ring substituents is 3. The quantitative estimate of drug-likeness (QED) is 0.407. The van der Waals surface area contributed by atoms with E-state index in [1.165, 1.54) is 7.05 Å². The maximum atomic E-state index is 12.6. The van der Waals surface area contributed by atoms with Crippen LogP contribution in [-0.4, -0.2) is 41.0 Å². The molecule has 0 spiro atoms. The van der Waals surface area contributed by atoms with E-state index in [9.17, 15) is 50.4 Å². The van der Waals surface area contributed by atoms with E-state index in [1.807, 2.05) is 0 Å². The molecule has 1 amide bonds. The summed E-state index contributed by atoms with van der Waals surface area (Å²) in [5.41, 5.74) is -4.96. The number of aryl methyl sites for hydroxylation is 1. The Morgan fingerprint density at radius 3 is 2.00 bits per heavy atom. The van der Waals surface area contributed by atoms with Crippen LogP contribution in [0.4, 0.5) is 34.1 Å². The second-order valence-corrected chi connectivity index (χ2v) is 6.92. The molecule has 0 atom stereocenters. The number of hydrogen-bond acceptors (Lipinski definition) is 11. The van der Waals surface area contributed by atoms with Crippen molar-refractivity contribution in [3.8, 4) is 5.88 Å². The molecule has 1 aromatic heterocycles. The fourth-order valence-corrected chi connectivity index (χ4v) is 3.57. The average Bonchev–Trinajstić information content (AvgIpc) is 3.20. The lowest BCUT2D eigenvalue weighted by atomic mass is 10.1. The molecule has 0 saturated carbocycles. The molecule has 0 aliphatic carbocycles. The zero-order valence-corrected chi connectivity index (χ0v) is 16.6. The number of anilines is 1. The number of rotatable bonds is 5. The minimum Gasteiger partial charge on any atom is -0.493 e. The molecule has 17 nitrogen and oxygen atoms in total. The maximum absolute atomic E-state index is 12.6. The molecule has 0 unspecified atom stereocenters. The van der Waals surface area contributed by atoms with Crippen molar-refractivity contribution in [3.05, 3.63) is 70.3 Å². The Hall–Kier alpha value is -5.48. The summed E-state index contributed by atoms with van der Waals surface area (Å²) >= 11 is 0. The minimum absolute atomic E-state index is 0.254. The second-order valence-electron chi connectivity index (χ2n) is 6.92. The molecule has 2 N–H and O–H groups in total. The van der Waals surface area contributed by atoms with Gasteiger partial charge in [0.25, 0.3) is 23.0 Å². The molecular formula is C17H9N7O10. The van der Waals surface area contributed by atoms with Crippen molar-refractivity contribution in [2.45, 2.75) is 0 Å². The molecule has 34 heavy (non-hydrogen) atoms. The maximum Gasteiger partial charge on any atom is 0.300 e. The van der Waals surface area contributed by atoms with Gasteiger partial charge in [0.05, 0.1) is 31.8 Å². The van der Waals surface area contributed by atoms with Gasteiger partial charge in [-0.3, -0.25) is 45.3 Å². The van der Waals surface area contributed by atoms with Crippen molar-refractivity contribution < 1.29 is 29.6 Å². The van der Waals surface area contributed by atoms with E-state index in [4.69, 9.17) is 0 Å². The Kier molecular flexibility index (Phi) is 4.66. The van der Waals surface area contributed by atoms with Crippen LogP contribution in [-0.2, 0) is 11.8 Å². The third-order valence-electron chi connectivity index (χ3n) is 5.04. The summed E-state index contributed by atoms with van der Waals surface area (Å²) in [6.45, 7) is 0. The van der Waals surface area contributed by atoms with Crippen molar-refractivity contribution in [1.29, 1.82) is 0 Å². The van der Waals surface area contributed by atoms with Crippen LogP contribution in [0.2, 0.25) is 0 Å². The third kappa shape index (κ3) is 3.11. The van der Waals surface area contributed by atoms with Gasteiger partial charge < -0.3 is 15.0 Å². The van der Waals surface area contributed by atoms with E-state index < -0.39 is 65.6 Å². The van der Waals surface area contributed by atoms with E-state index in [-0.39, 0.29) is 22.2 Å². The van der Waals surface area contributed by atoms with Crippen LogP contribution in [0.3, 0.4) is 0 Å². The van der Waals surface area contributed by atoms with Gasteiger partial charge in [-0.1, -0.05) is 0 Å². The number of nitro benzene ring substituents is 4. The van der Waals surface area contributed by atoms with Gasteiger partial charge in [-0.25, -0.2) is 4.99 Å². The Bertz CT molecular complexity index is 1540. The summed E-state index contributed by atoms with van der Waals surface area (Å²) < 4.78 is 0.917. The van der Waals surface area contributed by atoms with Gasteiger partial charge in [-0.15, -0.1) is 0 Å². The Morgan fingerprint density at radius 2 is 1.44 bits per heavy atom. The standard InChI is InChI=1S/C17H9N7O10/c1-20-15-9(3-7(22(29)30)5-11(15)24(33)34)14(17(20)26)18-13-8-2-6(21(27)28)4-10(23(31)32)12(8)19-16(13)25/h2-5,26H,1H3,(H,18,19,25). The van der Waals surface area contributed by atoms with E-state index in [0.717, 1.165) is 16.7 Å². The SMILES string of the molecule is Cn1c(O)c(N=C2C(=O)Nc3c2cc([N+](=O)[O-])cc3[N+](=O)[O-])c2cc([N+](=O)[O-])cc([N+](=O)[O-])c21. The highest BCUT2D eigenvalue weighted by molar-refractivity contribution is 6.55. The molecule has 1 aliphatic heterocycles. The number of nitrogens with zero attached hydrogens (tertiary/aromatic N) is 6. The van der Waals surface area contributed by atoms with Gasteiger partial charge >= 0.3 is 5.69 Å². The van der Waals surface area contributed by atoms with Gasteiger partial charge in [0, 0.05) is 30.1 Å². The van der Waals surface area contributed by atoms with E-state index in [1.54, 1.807) is 0 Å². The number of carbonyl (C=O) groups excluding carboxylic acids is 1. The highest BCUT2D eigenvalue weighted by Gasteiger charge is 2.36. The van der Waals surface area contributed by atoms with Crippen LogP contribution in [0.1, 0.15) is 5.56 Å². The fraction of sp³-hybridized carbons (Fsp3) is 0.0588. The smallest absolute Gasteiger partial charge is 0.300 e. The number of nitro groups is 4. The molecule has 0 radical (unpaired) electrons. The largest absolute Gasteiger partial charge is 0.493 e. The van der Waals surface area contributed by atoms with Crippen LogP contribution in [0, 0.1) is 40.5 Å². The number of fused-ring (bicyclic) bond motifs is 2. The molecule has 1 aliphatic rings. The van der Waals surface area contributed by atoms with Crippen LogP contribution >= 0.6 is 0 Å². The lowest BCUT2D eigenvalue weighted by Crippen LogP contribution is -2.14. The van der Waals surface area contributed by atoms with Crippen molar-refractivity contribution >= 4 is 56.6 Å².